The third kappa shape index (κ3) is 3.73. The summed E-state index contributed by atoms with van der Waals surface area (Å²) in [6.45, 7) is 3.89. The van der Waals surface area contributed by atoms with Crippen LogP contribution < -0.4 is 0 Å². The zero-order valence-electron chi connectivity index (χ0n) is 18.3. The summed E-state index contributed by atoms with van der Waals surface area (Å²) in [6, 6.07) is 18.6. The first kappa shape index (κ1) is 20.9. The van der Waals surface area contributed by atoms with Crippen molar-refractivity contribution < 1.29 is 19.1 Å². The maximum Gasteiger partial charge on any atom is 0.417 e. The lowest BCUT2D eigenvalue weighted by molar-refractivity contribution is -0.131. The van der Waals surface area contributed by atoms with Gasteiger partial charge in [0, 0.05) is 11.5 Å². The highest BCUT2D eigenvalue weighted by Gasteiger charge is 2.61. The number of benzene rings is 2. The number of hydrogen-bond donors (Lipinski definition) is 0. The van der Waals surface area contributed by atoms with Crippen LogP contribution in [0.1, 0.15) is 48.2 Å². The van der Waals surface area contributed by atoms with Crippen LogP contribution in [0.25, 0.3) is 0 Å². The van der Waals surface area contributed by atoms with Gasteiger partial charge in [0.05, 0.1) is 12.6 Å². The van der Waals surface area contributed by atoms with Crippen LogP contribution in [0.3, 0.4) is 0 Å². The molecule has 1 aliphatic carbocycles. The predicted molar refractivity (Wildman–Crippen MR) is 119 cm³/mol. The van der Waals surface area contributed by atoms with E-state index in [1.807, 2.05) is 67.6 Å². The summed E-state index contributed by atoms with van der Waals surface area (Å²) in [4.78, 5) is 41.9. The first-order valence-corrected chi connectivity index (χ1v) is 11.4. The fourth-order valence-electron chi connectivity index (χ4n) is 5.34. The normalized spacial score (nSPS) is 26.7. The molecule has 2 aromatic carbocycles. The average molecular weight is 433 g/mol. The van der Waals surface area contributed by atoms with Gasteiger partial charge >= 0.3 is 6.09 Å². The zero-order chi connectivity index (χ0) is 22.3. The van der Waals surface area contributed by atoms with E-state index in [2.05, 4.69) is 4.90 Å². The molecule has 0 aromatic heterocycles. The highest BCUT2D eigenvalue weighted by molar-refractivity contribution is 5.98. The Bertz CT molecular complexity index is 1010. The quantitative estimate of drug-likeness (QED) is 0.666. The van der Waals surface area contributed by atoms with Gasteiger partial charge in [-0.2, -0.15) is 0 Å². The van der Waals surface area contributed by atoms with Crippen molar-refractivity contribution in [2.24, 2.45) is 11.3 Å². The highest BCUT2D eigenvalue weighted by Crippen LogP contribution is 2.60. The van der Waals surface area contributed by atoms with E-state index in [-0.39, 0.29) is 29.1 Å². The number of carbonyl (C=O) groups is 3. The van der Waals surface area contributed by atoms with Crippen LogP contribution in [-0.2, 0) is 9.53 Å². The maximum atomic E-state index is 13.3. The van der Waals surface area contributed by atoms with E-state index in [9.17, 15) is 14.4 Å². The number of nitrogens with zero attached hydrogens (tertiary/aromatic N) is 2. The van der Waals surface area contributed by atoms with Gasteiger partial charge in [-0.05, 0) is 50.3 Å². The van der Waals surface area contributed by atoms with Crippen LogP contribution >= 0.6 is 0 Å². The summed E-state index contributed by atoms with van der Waals surface area (Å²) in [5, 5.41) is 0. The lowest BCUT2D eigenvalue weighted by atomic mass is 9.90. The number of carbonyl (C=O) groups excluding carboxylic acids is 3. The number of ether oxygens (including phenoxy) is 1. The molecule has 3 fully saturated rings. The number of cyclic esters (lactones) is 1. The Morgan fingerprint density at radius 1 is 1.00 bits per heavy atom. The molecule has 0 radical (unpaired) electrons. The van der Waals surface area contributed by atoms with Gasteiger partial charge in [0.2, 0.25) is 5.91 Å². The molecule has 3 atom stereocenters. The van der Waals surface area contributed by atoms with Crippen molar-refractivity contribution in [3.8, 4) is 0 Å². The SMILES string of the molecule is C[C@@H]1[C@H](c2ccccc2)OC(=O)N1C(=O)[C@@H]1CC12CCN(CC(=O)c1ccccc1)CC2. The van der Waals surface area contributed by atoms with Gasteiger partial charge in [-0.15, -0.1) is 0 Å². The monoisotopic (exact) mass is 432 g/mol. The smallest absolute Gasteiger partial charge is 0.417 e. The van der Waals surface area contributed by atoms with E-state index >= 15 is 0 Å². The molecule has 1 saturated carbocycles. The molecule has 5 rings (SSSR count). The second kappa shape index (κ2) is 8.17. The van der Waals surface area contributed by atoms with Crippen LogP contribution in [0.5, 0.6) is 0 Å². The van der Waals surface area contributed by atoms with Crippen molar-refractivity contribution in [3.63, 3.8) is 0 Å². The van der Waals surface area contributed by atoms with Crippen molar-refractivity contribution >= 4 is 17.8 Å². The summed E-state index contributed by atoms with van der Waals surface area (Å²) in [5.41, 5.74) is 1.61. The molecule has 32 heavy (non-hydrogen) atoms. The minimum absolute atomic E-state index is 0.0335. The Kier molecular flexibility index (Phi) is 5.33. The minimum Gasteiger partial charge on any atom is -0.439 e. The minimum atomic E-state index is -0.538. The molecule has 6 heteroatoms. The van der Waals surface area contributed by atoms with Crippen LogP contribution in [0, 0.1) is 11.3 Å². The number of rotatable bonds is 5. The summed E-state index contributed by atoms with van der Waals surface area (Å²) >= 11 is 0. The fraction of sp³-hybridized carbons (Fsp3) is 0.423. The Morgan fingerprint density at radius 2 is 1.62 bits per heavy atom. The number of hydrogen-bond acceptors (Lipinski definition) is 5. The first-order valence-electron chi connectivity index (χ1n) is 11.4. The molecule has 0 bridgehead atoms. The largest absolute Gasteiger partial charge is 0.439 e. The highest BCUT2D eigenvalue weighted by atomic mass is 16.6. The Balaban J connectivity index is 1.18. The maximum absolute atomic E-state index is 13.3. The third-order valence-electron chi connectivity index (χ3n) is 7.44. The van der Waals surface area contributed by atoms with E-state index in [0.29, 0.717) is 6.54 Å². The molecule has 2 heterocycles. The van der Waals surface area contributed by atoms with Gasteiger partial charge in [-0.3, -0.25) is 14.5 Å². The van der Waals surface area contributed by atoms with E-state index in [1.54, 1.807) is 0 Å². The van der Waals surface area contributed by atoms with E-state index in [0.717, 1.165) is 43.5 Å². The van der Waals surface area contributed by atoms with Crippen LogP contribution in [0.15, 0.2) is 60.7 Å². The van der Waals surface area contributed by atoms with Gasteiger partial charge in [-0.25, -0.2) is 9.69 Å². The summed E-state index contributed by atoms with van der Waals surface area (Å²) in [7, 11) is 0. The number of ketones is 1. The number of imide groups is 1. The summed E-state index contributed by atoms with van der Waals surface area (Å²) in [5.74, 6) is -0.0979. The fourth-order valence-corrected chi connectivity index (χ4v) is 5.34. The lowest BCUT2D eigenvalue weighted by Gasteiger charge is -2.32. The zero-order valence-corrected chi connectivity index (χ0v) is 18.3. The molecule has 2 amide bonds. The van der Waals surface area contributed by atoms with Crippen molar-refractivity contribution in [1.29, 1.82) is 0 Å². The van der Waals surface area contributed by atoms with E-state index < -0.39 is 12.2 Å². The van der Waals surface area contributed by atoms with Crippen LogP contribution in [0.4, 0.5) is 4.79 Å². The van der Waals surface area contributed by atoms with Gasteiger partial charge in [0.25, 0.3) is 0 Å². The van der Waals surface area contributed by atoms with Gasteiger partial charge in [0.1, 0.15) is 6.10 Å². The Labute approximate surface area is 188 Å². The van der Waals surface area contributed by atoms with Crippen LogP contribution in [-0.4, -0.2) is 53.3 Å². The van der Waals surface area contributed by atoms with Crippen molar-refractivity contribution in [1.82, 2.24) is 9.80 Å². The second-order valence-corrected chi connectivity index (χ2v) is 9.35. The molecule has 2 aliphatic heterocycles. The molecule has 6 nitrogen and oxygen atoms in total. The number of piperidine rings is 1. The van der Waals surface area contributed by atoms with Gasteiger partial charge in [0.15, 0.2) is 5.78 Å². The Morgan fingerprint density at radius 3 is 2.28 bits per heavy atom. The molecule has 0 unspecified atom stereocenters. The second-order valence-electron chi connectivity index (χ2n) is 9.35. The standard InChI is InChI=1S/C26H28N2O4/c1-18-23(20-10-6-3-7-11-20)32-25(31)28(18)24(30)21-16-26(21)12-14-27(15-13-26)17-22(29)19-8-4-2-5-9-19/h2-11,18,21,23H,12-17H2,1H3/t18-,21+,23-/m1/s1. The van der Waals surface area contributed by atoms with Gasteiger partial charge < -0.3 is 4.74 Å². The first-order chi connectivity index (χ1) is 15.5. The Hall–Kier alpha value is -2.99. The summed E-state index contributed by atoms with van der Waals surface area (Å²) < 4.78 is 5.57. The predicted octanol–water partition coefficient (Wildman–Crippen LogP) is 4.08. The molecule has 2 saturated heterocycles. The summed E-state index contributed by atoms with van der Waals surface area (Å²) in [6.07, 6.45) is 1.62. The molecule has 0 N–H and O–H groups in total. The molecule has 166 valence electrons. The van der Waals surface area contributed by atoms with E-state index in [1.165, 1.54) is 4.90 Å². The molecule has 2 aromatic rings. The number of Topliss-reactive ketones (excluding diaryl/α,β-unsaturated/α-hetero) is 1. The topological polar surface area (TPSA) is 66.9 Å². The molecular weight excluding hydrogens is 404 g/mol. The molecule has 1 spiro atoms. The number of amides is 2. The lowest BCUT2D eigenvalue weighted by Crippen LogP contribution is -2.42. The van der Waals surface area contributed by atoms with Gasteiger partial charge in [-0.1, -0.05) is 60.7 Å². The van der Waals surface area contributed by atoms with Crippen molar-refractivity contribution in [2.45, 2.75) is 38.3 Å². The molecule has 3 aliphatic rings. The van der Waals surface area contributed by atoms with E-state index in [4.69, 9.17) is 4.74 Å². The third-order valence-corrected chi connectivity index (χ3v) is 7.44. The average Bonchev–Trinajstić information content (AvgIpc) is 3.44. The van der Waals surface area contributed by atoms with Crippen molar-refractivity contribution in [3.05, 3.63) is 71.8 Å². The van der Waals surface area contributed by atoms with Crippen molar-refractivity contribution in [2.75, 3.05) is 19.6 Å². The number of likely N-dealkylation sites (tertiary alicyclic amines) is 1. The van der Waals surface area contributed by atoms with Crippen LogP contribution in [0.2, 0.25) is 0 Å². The molecular formula is C26H28N2O4.